The molecule has 1 aromatic heterocycles. The standard InChI is InChI=1S/C38H25IN2OS/c39-31-18-19-35(42)30(21-31)24-40-34-17-8-7-16-32(34)38-41-37-33(26-12-5-2-6-13-26)22-29(23-36(37)43-38)28-15-9-14-27(20-28)25-10-3-1-4-11-25/h1-24,42H/b40-24+. The van der Waals surface area contributed by atoms with Gasteiger partial charge in [0.2, 0.25) is 0 Å². The summed E-state index contributed by atoms with van der Waals surface area (Å²) in [5, 5.41) is 11.2. The van der Waals surface area contributed by atoms with Gasteiger partial charge in [0.15, 0.2) is 0 Å². The first-order chi connectivity index (χ1) is 21.1. The van der Waals surface area contributed by atoms with Crippen molar-refractivity contribution >= 4 is 56.0 Å². The van der Waals surface area contributed by atoms with Gasteiger partial charge in [-0.25, -0.2) is 4.98 Å². The fourth-order valence-corrected chi connectivity index (χ4v) is 6.77. The Morgan fingerprint density at radius 2 is 1.28 bits per heavy atom. The highest BCUT2D eigenvalue weighted by molar-refractivity contribution is 14.1. The van der Waals surface area contributed by atoms with Crippen LogP contribution in [0.4, 0.5) is 5.69 Å². The smallest absolute Gasteiger partial charge is 0.126 e. The molecule has 1 N–H and O–H groups in total. The molecule has 0 saturated heterocycles. The normalized spacial score (nSPS) is 11.4. The second-order valence-corrected chi connectivity index (χ2v) is 12.5. The first-order valence-corrected chi connectivity index (χ1v) is 15.8. The predicted octanol–water partition coefficient (Wildman–Crippen LogP) is 11.0. The van der Waals surface area contributed by atoms with E-state index in [-0.39, 0.29) is 5.75 Å². The van der Waals surface area contributed by atoms with Crippen LogP contribution in [0.15, 0.2) is 145 Å². The molecule has 0 radical (unpaired) electrons. The second kappa shape index (κ2) is 12.0. The van der Waals surface area contributed by atoms with Crippen LogP contribution < -0.4 is 0 Å². The van der Waals surface area contributed by atoms with E-state index in [9.17, 15) is 5.11 Å². The average molecular weight is 685 g/mol. The first kappa shape index (κ1) is 27.3. The molecule has 7 aromatic rings. The van der Waals surface area contributed by atoms with Gasteiger partial charge in [0.1, 0.15) is 10.8 Å². The molecular weight excluding hydrogens is 659 g/mol. The zero-order chi connectivity index (χ0) is 29.2. The number of benzene rings is 6. The van der Waals surface area contributed by atoms with Crippen molar-refractivity contribution in [3.8, 4) is 49.7 Å². The molecule has 1 heterocycles. The number of nitrogens with zero attached hydrogens (tertiary/aromatic N) is 2. The third kappa shape index (κ3) is 5.74. The van der Waals surface area contributed by atoms with Crippen LogP contribution in [-0.4, -0.2) is 16.3 Å². The molecule has 43 heavy (non-hydrogen) atoms. The Kier molecular flexibility index (Phi) is 7.58. The molecule has 0 saturated carbocycles. The van der Waals surface area contributed by atoms with Crippen LogP contribution in [0, 0.1) is 3.57 Å². The van der Waals surface area contributed by atoms with Crippen LogP contribution in [0.1, 0.15) is 5.56 Å². The van der Waals surface area contributed by atoms with Crippen molar-refractivity contribution in [2.45, 2.75) is 0 Å². The number of aromatic nitrogens is 1. The lowest BCUT2D eigenvalue weighted by molar-refractivity contribution is 0.474. The van der Waals surface area contributed by atoms with Crippen molar-refractivity contribution in [1.82, 2.24) is 4.98 Å². The van der Waals surface area contributed by atoms with E-state index in [0.29, 0.717) is 5.56 Å². The maximum Gasteiger partial charge on any atom is 0.126 e. The van der Waals surface area contributed by atoms with E-state index in [0.717, 1.165) is 52.3 Å². The number of phenols is 1. The van der Waals surface area contributed by atoms with Crippen LogP contribution in [0.2, 0.25) is 0 Å². The predicted molar refractivity (Wildman–Crippen MR) is 189 cm³/mol. The van der Waals surface area contributed by atoms with E-state index in [2.05, 4.69) is 114 Å². The summed E-state index contributed by atoms with van der Waals surface area (Å²) in [6.45, 7) is 0. The average Bonchev–Trinajstić information content (AvgIpc) is 3.50. The summed E-state index contributed by atoms with van der Waals surface area (Å²) in [7, 11) is 0. The monoisotopic (exact) mass is 684 g/mol. The van der Waals surface area contributed by atoms with Gasteiger partial charge in [-0.15, -0.1) is 11.3 Å². The van der Waals surface area contributed by atoms with Gasteiger partial charge in [-0.1, -0.05) is 91.0 Å². The van der Waals surface area contributed by atoms with Crippen LogP contribution in [0.25, 0.3) is 54.2 Å². The van der Waals surface area contributed by atoms with E-state index < -0.39 is 0 Å². The Bertz CT molecular complexity index is 2100. The molecule has 0 fully saturated rings. The van der Waals surface area contributed by atoms with Gasteiger partial charge in [-0.3, -0.25) is 4.99 Å². The zero-order valence-electron chi connectivity index (χ0n) is 23.0. The van der Waals surface area contributed by atoms with Crippen LogP contribution in [0.3, 0.4) is 0 Å². The SMILES string of the molecule is Oc1ccc(I)cc1/C=N/c1ccccc1-c1nc2c(-c3ccccc3)cc(-c3cccc(-c4ccccc4)c3)cc2s1. The van der Waals surface area contributed by atoms with E-state index in [1.807, 2.05) is 42.5 Å². The molecule has 0 atom stereocenters. The molecule has 0 aliphatic rings. The fourth-order valence-electron chi connectivity index (χ4n) is 5.19. The molecule has 0 aliphatic heterocycles. The van der Waals surface area contributed by atoms with E-state index >= 15 is 0 Å². The molecule has 5 heteroatoms. The first-order valence-electron chi connectivity index (χ1n) is 13.9. The highest BCUT2D eigenvalue weighted by Gasteiger charge is 2.16. The minimum Gasteiger partial charge on any atom is -0.507 e. The Morgan fingerprint density at radius 3 is 2.07 bits per heavy atom. The number of rotatable bonds is 6. The van der Waals surface area contributed by atoms with Crippen molar-refractivity contribution in [1.29, 1.82) is 0 Å². The molecule has 206 valence electrons. The molecule has 0 unspecified atom stereocenters. The van der Waals surface area contributed by atoms with Gasteiger partial charge >= 0.3 is 0 Å². The van der Waals surface area contributed by atoms with E-state index in [1.165, 1.54) is 11.1 Å². The minimum atomic E-state index is 0.206. The number of aliphatic imine (C=N–C) groups is 1. The topological polar surface area (TPSA) is 45.5 Å². The summed E-state index contributed by atoms with van der Waals surface area (Å²) in [5.41, 5.74) is 10.4. The van der Waals surface area contributed by atoms with E-state index in [1.54, 1.807) is 23.6 Å². The van der Waals surface area contributed by atoms with Gasteiger partial charge in [0.05, 0.1) is 15.9 Å². The summed E-state index contributed by atoms with van der Waals surface area (Å²) in [5.74, 6) is 0.206. The van der Waals surface area contributed by atoms with Gasteiger partial charge in [0, 0.05) is 26.5 Å². The molecule has 7 rings (SSSR count). The highest BCUT2D eigenvalue weighted by Crippen LogP contribution is 2.42. The molecule has 0 aliphatic carbocycles. The lowest BCUT2D eigenvalue weighted by atomic mass is 9.95. The Labute approximate surface area is 268 Å². The maximum absolute atomic E-state index is 10.3. The number of phenolic OH excluding ortho intramolecular Hbond substituents is 1. The number of aromatic hydroxyl groups is 1. The third-order valence-electron chi connectivity index (χ3n) is 7.35. The Balaban J connectivity index is 1.36. The quantitative estimate of drug-likeness (QED) is 0.140. The molecule has 6 aromatic carbocycles. The number of halogens is 1. The van der Waals surface area contributed by atoms with Crippen molar-refractivity contribution in [3.05, 3.63) is 149 Å². The fraction of sp³-hybridized carbons (Fsp3) is 0. The summed E-state index contributed by atoms with van der Waals surface area (Å²) in [4.78, 5) is 9.99. The number of thiazole rings is 1. The largest absolute Gasteiger partial charge is 0.507 e. The molecule has 0 amide bonds. The number of hydrogen-bond donors (Lipinski definition) is 1. The number of hydrogen-bond acceptors (Lipinski definition) is 4. The maximum atomic E-state index is 10.3. The number of fused-ring (bicyclic) bond motifs is 1. The summed E-state index contributed by atoms with van der Waals surface area (Å²) >= 11 is 3.91. The summed E-state index contributed by atoms with van der Waals surface area (Å²) in [6.07, 6.45) is 1.72. The Morgan fingerprint density at radius 1 is 0.605 bits per heavy atom. The lowest BCUT2D eigenvalue weighted by Gasteiger charge is -2.10. The second-order valence-electron chi connectivity index (χ2n) is 10.2. The summed E-state index contributed by atoms with van der Waals surface area (Å²) < 4.78 is 2.15. The van der Waals surface area contributed by atoms with Crippen molar-refractivity contribution in [3.63, 3.8) is 0 Å². The van der Waals surface area contributed by atoms with Gasteiger partial charge in [0.25, 0.3) is 0 Å². The third-order valence-corrected chi connectivity index (χ3v) is 9.06. The van der Waals surface area contributed by atoms with Gasteiger partial charge in [-0.2, -0.15) is 0 Å². The van der Waals surface area contributed by atoms with Gasteiger partial charge < -0.3 is 5.11 Å². The molecular formula is C38H25IN2OS. The summed E-state index contributed by atoms with van der Waals surface area (Å²) in [6, 6.07) is 47.7. The van der Waals surface area contributed by atoms with Crippen LogP contribution in [0.5, 0.6) is 5.75 Å². The number of para-hydroxylation sites is 1. The van der Waals surface area contributed by atoms with E-state index in [4.69, 9.17) is 9.98 Å². The Hall–Kier alpha value is -4.59. The van der Waals surface area contributed by atoms with Crippen molar-refractivity contribution < 1.29 is 5.11 Å². The molecule has 0 bridgehead atoms. The molecule has 0 spiro atoms. The van der Waals surface area contributed by atoms with Gasteiger partial charge in [-0.05, 0) is 98.9 Å². The highest BCUT2D eigenvalue weighted by atomic mass is 127. The zero-order valence-corrected chi connectivity index (χ0v) is 26.0. The van der Waals surface area contributed by atoms with Crippen LogP contribution in [-0.2, 0) is 0 Å². The molecule has 3 nitrogen and oxygen atoms in total. The van der Waals surface area contributed by atoms with Crippen molar-refractivity contribution in [2.24, 2.45) is 4.99 Å². The van der Waals surface area contributed by atoms with Crippen LogP contribution >= 0.6 is 33.9 Å². The minimum absolute atomic E-state index is 0.206. The van der Waals surface area contributed by atoms with Crippen molar-refractivity contribution in [2.75, 3.05) is 0 Å². The lowest BCUT2D eigenvalue weighted by Crippen LogP contribution is -1.86.